The number of aliphatic hydroxyl groups is 1. The molecule has 1 atom stereocenters. The predicted molar refractivity (Wildman–Crippen MR) is 132 cm³/mol. The Morgan fingerprint density at radius 3 is 2.62 bits per heavy atom. The first kappa shape index (κ1) is 24.5. The minimum atomic E-state index is -1.15. The van der Waals surface area contributed by atoms with Crippen LogP contribution in [0.2, 0.25) is 10.0 Å². The van der Waals surface area contributed by atoms with Gasteiger partial charge in [-0.3, -0.25) is 9.59 Å². The zero-order chi connectivity index (χ0) is 24.3. The first-order chi connectivity index (χ1) is 16.2. The lowest BCUT2D eigenvalue weighted by Crippen LogP contribution is -2.51. The largest absolute Gasteiger partial charge is 0.490 e. The summed E-state index contributed by atoms with van der Waals surface area (Å²) in [4.78, 5) is 26.8. The summed E-state index contributed by atoms with van der Waals surface area (Å²) in [5.41, 5.74) is -1.39. The smallest absolute Gasteiger partial charge is 0.272 e. The lowest BCUT2D eigenvalue weighted by Gasteiger charge is -2.36. The Labute approximate surface area is 206 Å². The number of H-pyrrole nitrogens is 1. The molecule has 34 heavy (non-hydrogen) atoms. The summed E-state index contributed by atoms with van der Waals surface area (Å²) in [6, 6.07) is 12.0. The van der Waals surface area contributed by atoms with Crippen molar-refractivity contribution in [3.8, 4) is 5.75 Å². The molecule has 3 aromatic rings. The maximum absolute atomic E-state index is 12.7. The highest BCUT2D eigenvalue weighted by Crippen LogP contribution is 2.28. The number of aromatic nitrogens is 2. The van der Waals surface area contributed by atoms with Crippen LogP contribution < -0.4 is 15.6 Å². The fraction of sp³-hybridized carbons (Fsp3) is 0.375. The fourth-order valence-corrected chi connectivity index (χ4v) is 4.40. The van der Waals surface area contributed by atoms with Gasteiger partial charge in [0, 0.05) is 37.6 Å². The van der Waals surface area contributed by atoms with E-state index in [4.69, 9.17) is 27.9 Å². The number of piperidine rings is 1. The van der Waals surface area contributed by atoms with Crippen molar-refractivity contribution in [3.63, 3.8) is 0 Å². The minimum absolute atomic E-state index is 0.0423. The van der Waals surface area contributed by atoms with Gasteiger partial charge in [-0.2, -0.15) is 5.10 Å². The van der Waals surface area contributed by atoms with Gasteiger partial charge in [-0.25, -0.2) is 5.10 Å². The number of carbonyl (C=O) groups excluding carboxylic acids is 1. The second-order valence-corrected chi connectivity index (χ2v) is 9.61. The van der Waals surface area contributed by atoms with Crippen molar-refractivity contribution in [3.05, 3.63) is 68.6 Å². The average Bonchev–Trinajstić information content (AvgIpc) is 2.81. The summed E-state index contributed by atoms with van der Waals surface area (Å²) >= 11 is 12.0. The Bertz CT molecular complexity index is 1240. The van der Waals surface area contributed by atoms with Gasteiger partial charge < -0.3 is 20.1 Å². The molecule has 1 amide bonds. The van der Waals surface area contributed by atoms with E-state index < -0.39 is 11.5 Å². The molecule has 3 N–H and O–H groups in total. The molecule has 2 heterocycles. The molecule has 0 saturated carbocycles. The second-order valence-electron chi connectivity index (χ2n) is 8.80. The zero-order valence-electron chi connectivity index (χ0n) is 18.7. The van der Waals surface area contributed by atoms with Gasteiger partial charge in [0.05, 0.1) is 21.0 Å². The normalized spacial score (nSPS) is 16.8. The van der Waals surface area contributed by atoms with Crippen LogP contribution in [-0.4, -0.2) is 64.0 Å². The highest BCUT2D eigenvalue weighted by molar-refractivity contribution is 6.42. The predicted octanol–water partition coefficient (Wildman–Crippen LogP) is 3.25. The molecule has 2 aromatic carbocycles. The Morgan fingerprint density at radius 1 is 1.21 bits per heavy atom. The van der Waals surface area contributed by atoms with Gasteiger partial charge >= 0.3 is 0 Å². The summed E-state index contributed by atoms with van der Waals surface area (Å²) in [6.45, 7) is 3.63. The van der Waals surface area contributed by atoms with Gasteiger partial charge in [0.15, 0.2) is 5.69 Å². The number of nitrogens with zero attached hydrogens (tertiary/aromatic N) is 2. The summed E-state index contributed by atoms with van der Waals surface area (Å²) < 4.78 is 6.02. The Hall–Kier alpha value is -2.65. The molecule has 8 nitrogen and oxygen atoms in total. The lowest BCUT2D eigenvalue weighted by atomic mass is 10.0. The van der Waals surface area contributed by atoms with Crippen LogP contribution in [0.3, 0.4) is 0 Å². The summed E-state index contributed by atoms with van der Waals surface area (Å²) in [5, 5.41) is 21.7. The van der Waals surface area contributed by atoms with Gasteiger partial charge in [-0.05, 0) is 38.0 Å². The Balaban J connectivity index is 1.28. The summed E-state index contributed by atoms with van der Waals surface area (Å²) in [6.07, 6.45) is 1.66. The van der Waals surface area contributed by atoms with Crippen molar-refractivity contribution < 1.29 is 14.6 Å². The molecule has 1 aromatic heterocycles. The van der Waals surface area contributed by atoms with Crippen molar-refractivity contribution in [2.75, 3.05) is 26.2 Å². The summed E-state index contributed by atoms with van der Waals surface area (Å²) in [7, 11) is 0. The number of amides is 1. The number of nitrogens with one attached hydrogen (secondary N) is 2. The molecule has 0 bridgehead atoms. The van der Waals surface area contributed by atoms with E-state index in [1.165, 1.54) is 0 Å². The van der Waals surface area contributed by atoms with E-state index in [0.717, 1.165) is 25.9 Å². The number of β-amino-alcohol motifs (C(OH)–C–C–N with tert-alkyl or cyclic N) is 1. The SMILES string of the molecule is CC(O)(CNC(=O)c1n[nH]c(=O)c2ccccc12)CN1CCC(Oc2ccc(Cl)c(Cl)c2)CC1. The standard InChI is InChI=1S/C24H26Cl2N4O4/c1-24(33,13-27-23(32)21-17-4-2-3-5-18(17)22(31)29-28-21)14-30-10-8-15(9-11-30)34-16-6-7-19(25)20(26)12-16/h2-7,12,15,33H,8-11,13-14H2,1H3,(H,27,32)(H,29,31). The molecule has 0 radical (unpaired) electrons. The minimum Gasteiger partial charge on any atom is -0.490 e. The van der Waals surface area contributed by atoms with Crippen LogP contribution in [-0.2, 0) is 0 Å². The number of carbonyl (C=O) groups is 1. The summed E-state index contributed by atoms with van der Waals surface area (Å²) in [5.74, 6) is 0.229. The van der Waals surface area contributed by atoms with Crippen molar-refractivity contribution in [1.29, 1.82) is 0 Å². The van der Waals surface area contributed by atoms with E-state index in [9.17, 15) is 14.7 Å². The van der Waals surface area contributed by atoms with E-state index in [1.807, 2.05) is 0 Å². The van der Waals surface area contributed by atoms with Gasteiger partial charge in [0.2, 0.25) is 0 Å². The maximum atomic E-state index is 12.7. The molecule has 4 rings (SSSR count). The number of hydrogen-bond acceptors (Lipinski definition) is 6. The molecule has 0 spiro atoms. The first-order valence-corrected chi connectivity index (χ1v) is 11.8. The monoisotopic (exact) mass is 504 g/mol. The zero-order valence-corrected chi connectivity index (χ0v) is 20.2. The number of aromatic amines is 1. The van der Waals surface area contributed by atoms with Crippen molar-refractivity contribution in [1.82, 2.24) is 20.4 Å². The molecular formula is C24H26Cl2N4O4. The van der Waals surface area contributed by atoms with E-state index in [0.29, 0.717) is 33.1 Å². The van der Waals surface area contributed by atoms with Crippen LogP contribution in [0.5, 0.6) is 5.75 Å². The number of ether oxygens (including phenoxy) is 1. The van der Waals surface area contributed by atoms with Gasteiger partial charge in [0.25, 0.3) is 11.5 Å². The van der Waals surface area contributed by atoms with E-state index in [2.05, 4.69) is 20.4 Å². The van der Waals surface area contributed by atoms with Crippen molar-refractivity contribution in [2.45, 2.75) is 31.5 Å². The second kappa shape index (κ2) is 10.3. The van der Waals surface area contributed by atoms with Crippen molar-refractivity contribution in [2.24, 2.45) is 0 Å². The number of fused-ring (bicyclic) bond motifs is 1. The molecule has 1 aliphatic heterocycles. The third kappa shape index (κ3) is 5.88. The number of likely N-dealkylation sites (tertiary alicyclic amines) is 1. The van der Waals surface area contributed by atoms with Crippen molar-refractivity contribution >= 4 is 39.9 Å². The van der Waals surface area contributed by atoms with Crippen LogP contribution in [0.25, 0.3) is 10.8 Å². The molecule has 0 aliphatic carbocycles. The molecule has 1 fully saturated rings. The van der Waals surface area contributed by atoms with E-state index >= 15 is 0 Å². The molecule has 10 heteroatoms. The topological polar surface area (TPSA) is 108 Å². The van der Waals surface area contributed by atoms with Crippen LogP contribution in [0.4, 0.5) is 0 Å². The molecule has 1 saturated heterocycles. The molecule has 1 aliphatic rings. The number of benzene rings is 2. The average molecular weight is 505 g/mol. The van der Waals surface area contributed by atoms with Crippen LogP contribution in [0.15, 0.2) is 47.3 Å². The highest BCUT2D eigenvalue weighted by Gasteiger charge is 2.29. The Morgan fingerprint density at radius 2 is 1.91 bits per heavy atom. The number of rotatable bonds is 7. The highest BCUT2D eigenvalue weighted by atomic mass is 35.5. The van der Waals surface area contributed by atoms with E-state index in [-0.39, 0.29) is 23.9 Å². The molecule has 1 unspecified atom stereocenters. The maximum Gasteiger partial charge on any atom is 0.272 e. The Kier molecular flexibility index (Phi) is 7.42. The van der Waals surface area contributed by atoms with Crippen LogP contribution in [0.1, 0.15) is 30.3 Å². The molecule has 180 valence electrons. The third-order valence-electron chi connectivity index (χ3n) is 5.83. The van der Waals surface area contributed by atoms with E-state index in [1.54, 1.807) is 49.4 Å². The third-order valence-corrected chi connectivity index (χ3v) is 6.57. The lowest BCUT2D eigenvalue weighted by molar-refractivity contribution is 0.00225. The fourth-order valence-electron chi connectivity index (χ4n) is 4.11. The van der Waals surface area contributed by atoms with Crippen LogP contribution >= 0.6 is 23.2 Å². The van der Waals surface area contributed by atoms with Gasteiger partial charge in [0.1, 0.15) is 11.9 Å². The molecular weight excluding hydrogens is 479 g/mol. The number of halogens is 2. The first-order valence-electron chi connectivity index (χ1n) is 11.0. The van der Waals surface area contributed by atoms with Gasteiger partial charge in [-0.15, -0.1) is 0 Å². The quantitative estimate of drug-likeness (QED) is 0.455. The number of hydrogen-bond donors (Lipinski definition) is 3. The van der Waals surface area contributed by atoms with Gasteiger partial charge in [-0.1, -0.05) is 41.4 Å². The van der Waals surface area contributed by atoms with Crippen LogP contribution in [0, 0.1) is 0 Å².